The number of ether oxygens (including phenoxy) is 1. The number of carbonyl (C=O) groups is 2. The number of hydrogen-bond donors (Lipinski definition) is 1. The lowest BCUT2D eigenvalue weighted by molar-refractivity contribution is -0.124. The Morgan fingerprint density at radius 3 is 2.61 bits per heavy atom. The number of amides is 1. The molecule has 0 saturated carbocycles. The SMILES string of the molecule is Cc1ccc2oc(C(=O)OCC(=O)NCCc3ccc(F)cc3)cc(=O)c2c1. The van der Waals surface area contributed by atoms with Crippen molar-refractivity contribution in [2.24, 2.45) is 0 Å². The molecule has 0 fully saturated rings. The first-order chi connectivity index (χ1) is 13.4. The minimum atomic E-state index is -0.895. The van der Waals surface area contributed by atoms with E-state index in [-0.39, 0.29) is 22.6 Å². The molecule has 0 aliphatic rings. The largest absolute Gasteiger partial charge is 0.450 e. The van der Waals surface area contributed by atoms with Gasteiger partial charge in [0.1, 0.15) is 11.4 Å². The van der Waals surface area contributed by atoms with Gasteiger partial charge in [-0.25, -0.2) is 9.18 Å². The number of fused-ring (bicyclic) bond motifs is 1. The monoisotopic (exact) mass is 383 g/mol. The highest BCUT2D eigenvalue weighted by Gasteiger charge is 2.15. The van der Waals surface area contributed by atoms with Crippen LogP contribution in [0, 0.1) is 12.7 Å². The van der Waals surface area contributed by atoms with Crippen molar-refractivity contribution in [2.45, 2.75) is 13.3 Å². The Morgan fingerprint density at radius 1 is 1.11 bits per heavy atom. The molecule has 0 aliphatic heterocycles. The molecule has 2 aromatic carbocycles. The van der Waals surface area contributed by atoms with Gasteiger partial charge in [-0.2, -0.15) is 0 Å². The van der Waals surface area contributed by atoms with Gasteiger partial charge in [-0.05, 0) is 43.2 Å². The fraction of sp³-hybridized carbons (Fsp3) is 0.190. The standard InChI is InChI=1S/C21H18FNO5/c1-13-2-7-18-16(10-13)17(24)11-19(28-18)21(26)27-12-20(25)23-9-8-14-3-5-15(22)6-4-14/h2-7,10-11H,8-9,12H2,1H3,(H,23,25). The van der Waals surface area contributed by atoms with Gasteiger partial charge in [-0.3, -0.25) is 9.59 Å². The zero-order valence-corrected chi connectivity index (χ0v) is 15.2. The van der Waals surface area contributed by atoms with Gasteiger partial charge >= 0.3 is 5.97 Å². The van der Waals surface area contributed by atoms with Gasteiger partial charge in [-0.1, -0.05) is 23.8 Å². The van der Waals surface area contributed by atoms with E-state index < -0.39 is 18.5 Å². The van der Waals surface area contributed by atoms with Crippen LogP contribution in [0.5, 0.6) is 0 Å². The number of esters is 1. The highest BCUT2D eigenvalue weighted by Crippen LogP contribution is 2.14. The van der Waals surface area contributed by atoms with Crippen LogP contribution in [0.2, 0.25) is 0 Å². The summed E-state index contributed by atoms with van der Waals surface area (Å²) in [7, 11) is 0. The van der Waals surface area contributed by atoms with E-state index in [9.17, 15) is 18.8 Å². The number of hydrogen-bond acceptors (Lipinski definition) is 5. The van der Waals surface area contributed by atoms with Crippen LogP contribution in [0.4, 0.5) is 4.39 Å². The number of rotatable bonds is 6. The first kappa shape index (κ1) is 19.3. The molecule has 28 heavy (non-hydrogen) atoms. The van der Waals surface area contributed by atoms with E-state index in [1.165, 1.54) is 12.1 Å². The minimum Gasteiger partial charge on any atom is -0.450 e. The number of nitrogens with one attached hydrogen (secondary N) is 1. The smallest absolute Gasteiger partial charge is 0.374 e. The van der Waals surface area contributed by atoms with Crippen molar-refractivity contribution in [1.29, 1.82) is 0 Å². The molecule has 0 bridgehead atoms. The van der Waals surface area contributed by atoms with Crippen LogP contribution in [-0.2, 0) is 16.0 Å². The van der Waals surface area contributed by atoms with E-state index in [0.29, 0.717) is 18.4 Å². The molecule has 1 amide bonds. The third-order valence-electron chi connectivity index (χ3n) is 4.07. The predicted octanol–water partition coefficient (Wildman–Crippen LogP) is 2.76. The Hall–Kier alpha value is -3.48. The molecular formula is C21H18FNO5. The average molecular weight is 383 g/mol. The van der Waals surface area contributed by atoms with Crippen LogP contribution < -0.4 is 10.7 Å². The Balaban J connectivity index is 1.52. The fourth-order valence-electron chi connectivity index (χ4n) is 2.62. The van der Waals surface area contributed by atoms with Gasteiger partial charge < -0.3 is 14.5 Å². The number of benzene rings is 2. The van der Waals surface area contributed by atoms with Gasteiger partial charge in [0, 0.05) is 12.6 Å². The first-order valence-corrected chi connectivity index (χ1v) is 8.65. The van der Waals surface area contributed by atoms with Gasteiger partial charge in [0.15, 0.2) is 12.0 Å². The van der Waals surface area contributed by atoms with Crippen molar-refractivity contribution >= 4 is 22.8 Å². The van der Waals surface area contributed by atoms with Crippen LogP contribution in [0.3, 0.4) is 0 Å². The third-order valence-corrected chi connectivity index (χ3v) is 4.07. The van der Waals surface area contributed by atoms with Crippen molar-refractivity contribution in [1.82, 2.24) is 5.32 Å². The minimum absolute atomic E-state index is 0.263. The summed E-state index contributed by atoms with van der Waals surface area (Å²) >= 11 is 0. The molecule has 1 N–H and O–H groups in total. The fourth-order valence-corrected chi connectivity index (χ4v) is 2.62. The normalized spacial score (nSPS) is 10.6. The summed E-state index contributed by atoms with van der Waals surface area (Å²) in [5, 5.41) is 2.97. The van der Waals surface area contributed by atoms with Gasteiger partial charge in [0.2, 0.25) is 5.76 Å². The third kappa shape index (κ3) is 4.82. The van der Waals surface area contributed by atoms with Crippen LogP contribution in [0.25, 0.3) is 11.0 Å². The van der Waals surface area contributed by atoms with Crippen LogP contribution in [0.1, 0.15) is 21.7 Å². The molecule has 144 valence electrons. The lowest BCUT2D eigenvalue weighted by Gasteiger charge is -2.07. The van der Waals surface area contributed by atoms with Crippen LogP contribution in [-0.4, -0.2) is 25.0 Å². The average Bonchev–Trinajstić information content (AvgIpc) is 2.68. The molecule has 7 heteroatoms. The summed E-state index contributed by atoms with van der Waals surface area (Å²) in [6.07, 6.45) is 0.513. The molecular weight excluding hydrogens is 365 g/mol. The van der Waals surface area contributed by atoms with Crippen molar-refractivity contribution in [3.05, 3.63) is 81.5 Å². The summed E-state index contributed by atoms with van der Waals surface area (Å²) < 4.78 is 23.1. The molecule has 0 radical (unpaired) electrons. The molecule has 3 aromatic rings. The molecule has 3 rings (SSSR count). The Labute approximate surface area is 159 Å². The van der Waals surface area contributed by atoms with Gasteiger partial charge in [-0.15, -0.1) is 0 Å². The van der Waals surface area contributed by atoms with E-state index in [1.54, 1.807) is 30.3 Å². The summed E-state index contributed by atoms with van der Waals surface area (Å²) in [5.41, 5.74) is 1.67. The second-order valence-corrected chi connectivity index (χ2v) is 6.28. The van der Waals surface area contributed by atoms with Crippen LogP contribution in [0.15, 0.2) is 57.7 Å². The van der Waals surface area contributed by atoms with Crippen molar-refractivity contribution < 1.29 is 23.1 Å². The predicted molar refractivity (Wildman–Crippen MR) is 101 cm³/mol. The van der Waals surface area contributed by atoms with E-state index in [0.717, 1.165) is 17.2 Å². The Kier molecular flexibility index (Phi) is 5.84. The van der Waals surface area contributed by atoms with E-state index in [1.807, 2.05) is 6.92 Å². The number of halogens is 1. The molecule has 0 atom stereocenters. The van der Waals surface area contributed by atoms with Crippen molar-refractivity contribution in [3.8, 4) is 0 Å². The van der Waals surface area contributed by atoms with Gasteiger partial charge in [0.25, 0.3) is 5.91 Å². The lowest BCUT2D eigenvalue weighted by atomic mass is 10.1. The van der Waals surface area contributed by atoms with Crippen molar-refractivity contribution in [3.63, 3.8) is 0 Å². The quantitative estimate of drug-likeness (QED) is 0.662. The topological polar surface area (TPSA) is 85.6 Å². The van der Waals surface area contributed by atoms with E-state index in [4.69, 9.17) is 9.15 Å². The second kappa shape index (κ2) is 8.47. The maximum atomic E-state index is 12.8. The lowest BCUT2D eigenvalue weighted by Crippen LogP contribution is -2.30. The molecule has 0 spiro atoms. The van der Waals surface area contributed by atoms with E-state index >= 15 is 0 Å². The molecule has 0 aliphatic carbocycles. The van der Waals surface area contributed by atoms with Crippen LogP contribution >= 0.6 is 0 Å². The maximum Gasteiger partial charge on any atom is 0.374 e. The zero-order chi connectivity index (χ0) is 20.1. The highest BCUT2D eigenvalue weighted by molar-refractivity contribution is 5.90. The van der Waals surface area contributed by atoms with Crippen molar-refractivity contribution in [2.75, 3.05) is 13.2 Å². The molecule has 0 unspecified atom stereocenters. The number of carbonyl (C=O) groups excluding carboxylic acids is 2. The number of aryl methyl sites for hydroxylation is 1. The molecule has 0 saturated heterocycles. The highest BCUT2D eigenvalue weighted by atomic mass is 19.1. The second-order valence-electron chi connectivity index (χ2n) is 6.28. The molecule has 6 nitrogen and oxygen atoms in total. The summed E-state index contributed by atoms with van der Waals surface area (Å²) in [6.45, 7) is 1.65. The molecule has 1 heterocycles. The maximum absolute atomic E-state index is 12.8. The Bertz CT molecular complexity index is 1070. The van der Waals surface area contributed by atoms with Gasteiger partial charge in [0.05, 0.1) is 5.39 Å². The van der Waals surface area contributed by atoms with E-state index in [2.05, 4.69) is 5.32 Å². The molecule has 1 aromatic heterocycles. The summed E-state index contributed by atoms with van der Waals surface area (Å²) in [6, 6.07) is 12.0. The summed E-state index contributed by atoms with van der Waals surface area (Å²) in [4.78, 5) is 36.0. The Morgan fingerprint density at radius 2 is 1.86 bits per heavy atom. The zero-order valence-electron chi connectivity index (χ0n) is 15.2. The summed E-state index contributed by atoms with van der Waals surface area (Å²) in [5.74, 6) is -1.97. The first-order valence-electron chi connectivity index (χ1n) is 8.65.